The van der Waals surface area contributed by atoms with Gasteiger partial charge < -0.3 is 15.8 Å². The van der Waals surface area contributed by atoms with Gasteiger partial charge in [0.2, 0.25) is 5.91 Å². The summed E-state index contributed by atoms with van der Waals surface area (Å²) in [7, 11) is 0. The van der Waals surface area contributed by atoms with Gasteiger partial charge in [0.1, 0.15) is 6.10 Å². The quantitative estimate of drug-likeness (QED) is 0.896. The molecule has 1 saturated heterocycles. The van der Waals surface area contributed by atoms with E-state index in [2.05, 4.69) is 5.32 Å². The van der Waals surface area contributed by atoms with E-state index >= 15 is 0 Å². The van der Waals surface area contributed by atoms with Crippen LogP contribution in [0.25, 0.3) is 0 Å². The predicted molar refractivity (Wildman–Crippen MR) is 82.6 cm³/mol. The van der Waals surface area contributed by atoms with Crippen LogP contribution in [0.1, 0.15) is 36.4 Å². The third-order valence-corrected chi connectivity index (χ3v) is 5.11. The summed E-state index contributed by atoms with van der Waals surface area (Å²) in [6, 6.07) is 3.71. The van der Waals surface area contributed by atoms with E-state index in [0.29, 0.717) is 16.6 Å². The fraction of sp³-hybridized carbons (Fsp3) is 0.533. The predicted octanol–water partition coefficient (Wildman–Crippen LogP) is 2.60. The maximum absolute atomic E-state index is 12.3. The Labute approximate surface area is 133 Å². The van der Waals surface area contributed by atoms with Crippen LogP contribution in [-0.2, 0) is 16.0 Å². The van der Waals surface area contributed by atoms with Crippen molar-refractivity contribution in [2.75, 3.05) is 6.54 Å². The van der Waals surface area contributed by atoms with Crippen LogP contribution >= 0.6 is 23.2 Å². The van der Waals surface area contributed by atoms with Crippen molar-refractivity contribution < 1.29 is 9.53 Å². The van der Waals surface area contributed by atoms with Crippen LogP contribution in [0.5, 0.6) is 0 Å². The molecule has 1 amide bonds. The Morgan fingerprint density at radius 1 is 1.33 bits per heavy atom. The van der Waals surface area contributed by atoms with E-state index in [-0.39, 0.29) is 24.2 Å². The molecule has 0 radical (unpaired) electrons. The first-order valence-electron chi connectivity index (χ1n) is 7.22. The molecule has 6 heteroatoms. The highest BCUT2D eigenvalue weighted by molar-refractivity contribution is 6.42. The number of fused-ring (bicyclic) bond motifs is 1. The Kier molecular flexibility index (Phi) is 4.41. The molecule has 0 spiro atoms. The van der Waals surface area contributed by atoms with E-state index in [4.69, 9.17) is 33.7 Å². The van der Waals surface area contributed by atoms with E-state index in [1.165, 1.54) is 0 Å². The first-order chi connectivity index (χ1) is 10.1. The lowest BCUT2D eigenvalue weighted by atomic mass is 10.1. The molecular weight excluding hydrogens is 311 g/mol. The number of hydrogen-bond acceptors (Lipinski definition) is 3. The summed E-state index contributed by atoms with van der Waals surface area (Å²) < 4.78 is 5.63. The third kappa shape index (κ3) is 2.90. The van der Waals surface area contributed by atoms with Gasteiger partial charge in [-0.25, -0.2) is 0 Å². The number of ether oxygens (including phenoxy) is 1. The van der Waals surface area contributed by atoms with Gasteiger partial charge in [-0.15, -0.1) is 0 Å². The first kappa shape index (κ1) is 15.1. The minimum Gasteiger partial charge on any atom is -0.364 e. The van der Waals surface area contributed by atoms with Crippen molar-refractivity contribution in [2.45, 2.75) is 43.9 Å². The molecule has 0 aromatic heterocycles. The monoisotopic (exact) mass is 328 g/mol. The second kappa shape index (κ2) is 6.13. The van der Waals surface area contributed by atoms with Crippen molar-refractivity contribution in [3.8, 4) is 0 Å². The molecule has 4 nitrogen and oxygen atoms in total. The number of benzene rings is 1. The largest absolute Gasteiger partial charge is 0.364 e. The van der Waals surface area contributed by atoms with Crippen molar-refractivity contribution in [3.63, 3.8) is 0 Å². The number of amides is 1. The molecule has 1 aliphatic heterocycles. The van der Waals surface area contributed by atoms with E-state index in [1.54, 1.807) is 6.07 Å². The third-order valence-electron chi connectivity index (χ3n) is 4.27. The maximum atomic E-state index is 12.3. The van der Waals surface area contributed by atoms with Gasteiger partial charge in [-0.3, -0.25) is 4.79 Å². The van der Waals surface area contributed by atoms with Crippen LogP contribution in [0, 0.1) is 0 Å². The molecule has 1 aromatic carbocycles. The molecule has 0 bridgehead atoms. The van der Waals surface area contributed by atoms with Crippen molar-refractivity contribution in [1.82, 2.24) is 5.32 Å². The maximum Gasteiger partial charge on any atom is 0.249 e. The minimum atomic E-state index is -0.384. The lowest BCUT2D eigenvalue weighted by Gasteiger charge is -2.18. The highest BCUT2D eigenvalue weighted by Crippen LogP contribution is 2.39. The van der Waals surface area contributed by atoms with Crippen molar-refractivity contribution in [2.24, 2.45) is 5.73 Å². The zero-order valence-corrected chi connectivity index (χ0v) is 13.1. The normalized spacial score (nSPS) is 27.7. The second-order valence-corrected chi connectivity index (χ2v) is 6.37. The number of nitrogens with two attached hydrogens (primary N) is 1. The average Bonchev–Trinajstić information content (AvgIpc) is 3.10. The molecule has 3 N–H and O–H groups in total. The van der Waals surface area contributed by atoms with Gasteiger partial charge in [-0.05, 0) is 42.9 Å². The van der Waals surface area contributed by atoms with Gasteiger partial charge in [0.25, 0.3) is 0 Å². The highest BCUT2D eigenvalue weighted by atomic mass is 35.5. The van der Waals surface area contributed by atoms with Crippen molar-refractivity contribution in [1.29, 1.82) is 0 Å². The zero-order valence-electron chi connectivity index (χ0n) is 11.6. The standard InChI is InChI=1S/C15H18Cl2N2O2/c16-11-4-2-9-10(14(11)17)3-5-12(9)19-15(20)13-6-1-8(7-18)21-13/h2,4,8,12-13H,1,3,5-7,18H2,(H,19,20)/t8-,12?,13+/m1/s1. The van der Waals surface area contributed by atoms with E-state index in [1.807, 2.05) is 6.07 Å². The smallest absolute Gasteiger partial charge is 0.249 e. The summed E-state index contributed by atoms with van der Waals surface area (Å²) in [5.41, 5.74) is 7.67. The van der Waals surface area contributed by atoms with Gasteiger partial charge in [0.05, 0.1) is 22.2 Å². The zero-order chi connectivity index (χ0) is 15.0. The van der Waals surface area contributed by atoms with E-state index in [0.717, 1.165) is 36.8 Å². The van der Waals surface area contributed by atoms with Crippen LogP contribution in [0.3, 0.4) is 0 Å². The second-order valence-electron chi connectivity index (χ2n) is 5.59. The Bertz CT molecular complexity index is 565. The van der Waals surface area contributed by atoms with E-state index in [9.17, 15) is 4.79 Å². The lowest BCUT2D eigenvalue weighted by Crippen LogP contribution is -2.37. The molecule has 21 heavy (non-hydrogen) atoms. The Balaban J connectivity index is 1.68. The number of rotatable bonds is 3. The topological polar surface area (TPSA) is 64.4 Å². The van der Waals surface area contributed by atoms with Crippen LogP contribution in [0.2, 0.25) is 10.0 Å². The number of hydrogen-bond donors (Lipinski definition) is 2. The number of carbonyl (C=O) groups excluding carboxylic acids is 1. The molecule has 1 heterocycles. The molecule has 114 valence electrons. The molecule has 1 aromatic rings. The number of nitrogens with one attached hydrogen (secondary N) is 1. The molecule has 1 fully saturated rings. The van der Waals surface area contributed by atoms with Crippen LogP contribution in [-0.4, -0.2) is 24.7 Å². The summed E-state index contributed by atoms with van der Waals surface area (Å²) in [5, 5.41) is 4.23. The summed E-state index contributed by atoms with van der Waals surface area (Å²) in [5.74, 6) is -0.0603. The van der Waals surface area contributed by atoms with Crippen molar-refractivity contribution >= 4 is 29.1 Å². The molecule has 0 saturated carbocycles. The summed E-state index contributed by atoms with van der Waals surface area (Å²) in [6.45, 7) is 0.462. The Morgan fingerprint density at radius 3 is 2.86 bits per heavy atom. The minimum absolute atomic E-state index is 0.00450. The molecule has 3 rings (SSSR count). The molecule has 2 aliphatic rings. The summed E-state index contributed by atoms with van der Waals surface area (Å²) in [6.07, 6.45) is 2.87. The molecule has 1 unspecified atom stereocenters. The van der Waals surface area contributed by atoms with Gasteiger partial charge >= 0.3 is 0 Å². The number of carbonyl (C=O) groups is 1. The van der Waals surface area contributed by atoms with Crippen LogP contribution in [0.15, 0.2) is 12.1 Å². The van der Waals surface area contributed by atoms with Gasteiger partial charge in [-0.1, -0.05) is 29.3 Å². The Morgan fingerprint density at radius 2 is 2.14 bits per heavy atom. The average molecular weight is 329 g/mol. The van der Waals surface area contributed by atoms with Gasteiger partial charge in [-0.2, -0.15) is 0 Å². The van der Waals surface area contributed by atoms with Gasteiger partial charge in [0, 0.05) is 6.54 Å². The first-order valence-corrected chi connectivity index (χ1v) is 7.98. The fourth-order valence-corrected chi connectivity index (χ4v) is 3.56. The van der Waals surface area contributed by atoms with Crippen LogP contribution < -0.4 is 11.1 Å². The molecule has 1 aliphatic carbocycles. The molecule has 3 atom stereocenters. The fourth-order valence-electron chi connectivity index (χ4n) is 3.12. The number of halogens is 2. The van der Waals surface area contributed by atoms with E-state index < -0.39 is 0 Å². The summed E-state index contributed by atoms with van der Waals surface area (Å²) >= 11 is 12.3. The lowest BCUT2D eigenvalue weighted by molar-refractivity contribution is -0.132. The van der Waals surface area contributed by atoms with Gasteiger partial charge in [0.15, 0.2) is 0 Å². The molecular formula is C15H18Cl2N2O2. The summed E-state index contributed by atoms with van der Waals surface area (Å²) in [4.78, 5) is 12.3. The van der Waals surface area contributed by atoms with Crippen molar-refractivity contribution in [3.05, 3.63) is 33.3 Å². The highest BCUT2D eigenvalue weighted by Gasteiger charge is 2.33. The Hall–Kier alpha value is -0.810. The SMILES string of the molecule is NC[C@H]1CC[C@@H](C(=O)NC2CCc3c2ccc(Cl)c3Cl)O1. The van der Waals surface area contributed by atoms with Crippen LogP contribution in [0.4, 0.5) is 0 Å².